The second-order valence-corrected chi connectivity index (χ2v) is 8.25. The second kappa shape index (κ2) is 11.0. The van der Waals surface area contributed by atoms with Crippen molar-refractivity contribution in [3.8, 4) is 23.0 Å². The van der Waals surface area contributed by atoms with Crippen LogP contribution in [0.2, 0.25) is 0 Å². The number of aliphatic carboxylic acids is 1. The van der Waals surface area contributed by atoms with Gasteiger partial charge in [0.15, 0.2) is 29.1 Å². The third-order valence-electron chi connectivity index (χ3n) is 5.68. The highest BCUT2D eigenvalue weighted by atomic mass is 16.6. The molecule has 0 bridgehead atoms. The fourth-order valence-corrected chi connectivity index (χ4v) is 3.65. The number of hydrogen-bond donors (Lipinski definition) is 7. The van der Waals surface area contributed by atoms with Gasteiger partial charge in [0.2, 0.25) is 5.60 Å². The summed E-state index contributed by atoms with van der Waals surface area (Å²) in [6.45, 7) is 0. The number of carbonyl (C=O) groups excluding carboxylic acids is 2. The summed E-state index contributed by atoms with van der Waals surface area (Å²) in [6, 6.07) is 7.48. The number of ether oxygens (including phenoxy) is 2. The van der Waals surface area contributed by atoms with Crippen LogP contribution in [0.25, 0.3) is 12.2 Å². The molecule has 0 aromatic heterocycles. The highest BCUT2D eigenvalue weighted by molar-refractivity contribution is 5.89. The number of aliphatic hydroxyl groups is 2. The monoisotopic (exact) mass is 516 g/mol. The molecule has 4 atom stereocenters. The Morgan fingerprint density at radius 2 is 1.30 bits per heavy atom. The molecule has 7 N–H and O–H groups in total. The Labute approximate surface area is 209 Å². The summed E-state index contributed by atoms with van der Waals surface area (Å²) >= 11 is 0. The van der Waals surface area contributed by atoms with E-state index in [1.54, 1.807) is 0 Å². The number of aliphatic hydroxyl groups excluding tert-OH is 1. The third kappa shape index (κ3) is 6.37. The van der Waals surface area contributed by atoms with Gasteiger partial charge in [-0.25, -0.2) is 14.4 Å². The SMILES string of the molecule is O=C(C=Cc1ccc(O)c(O)c1)O[C@H]1CC[C@](O)(C(=O)O)[C@@H](OC(=O)C=Cc2ccc(O)c(O)c2)[C@@H]1O. The van der Waals surface area contributed by atoms with Gasteiger partial charge >= 0.3 is 17.9 Å². The van der Waals surface area contributed by atoms with Crippen molar-refractivity contribution < 1.29 is 59.6 Å². The first-order valence-corrected chi connectivity index (χ1v) is 10.9. The van der Waals surface area contributed by atoms with Crippen molar-refractivity contribution in [2.24, 2.45) is 0 Å². The lowest BCUT2D eigenvalue weighted by Crippen LogP contribution is -2.63. The quantitative estimate of drug-likeness (QED) is 0.156. The van der Waals surface area contributed by atoms with E-state index in [0.717, 1.165) is 18.2 Å². The van der Waals surface area contributed by atoms with Crippen molar-refractivity contribution in [2.45, 2.75) is 36.8 Å². The van der Waals surface area contributed by atoms with Gasteiger partial charge in [-0.15, -0.1) is 0 Å². The zero-order valence-electron chi connectivity index (χ0n) is 19.1. The van der Waals surface area contributed by atoms with Crippen LogP contribution < -0.4 is 0 Å². The van der Waals surface area contributed by atoms with Crippen LogP contribution in [-0.4, -0.2) is 77.6 Å². The average molecular weight is 516 g/mol. The number of benzene rings is 2. The predicted octanol–water partition coefficient (Wildman–Crippen LogP) is 1.03. The van der Waals surface area contributed by atoms with Gasteiger partial charge in [0.25, 0.3) is 0 Å². The summed E-state index contributed by atoms with van der Waals surface area (Å²) in [5.74, 6) is -5.44. The third-order valence-corrected chi connectivity index (χ3v) is 5.68. The molecular weight excluding hydrogens is 492 g/mol. The minimum absolute atomic E-state index is 0.264. The van der Waals surface area contributed by atoms with Crippen molar-refractivity contribution in [3.63, 3.8) is 0 Å². The Kier molecular flexibility index (Phi) is 8.05. The molecule has 0 amide bonds. The maximum Gasteiger partial charge on any atom is 0.339 e. The molecule has 0 aliphatic heterocycles. The average Bonchev–Trinajstić information content (AvgIpc) is 2.85. The molecular formula is C25H24O12. The summed E-state index contributed by atoms with van der Waals surface area (Å²) in [5, 5.41) is 68.5. The van der Waals surface area contributed by atoms with E-state index in [4.69, 9.17) is 9.47 Å². The van der Waals surface area contributed by atoms with Crippen molar-refractivity contribution in [1.29, 1.82) is 0 Å². The molecule has 12 nitrogen and oxygen atoms in total. The standard InChI is InChI=1S/C25H24O12/c26-15-5-1-13(11-17(15)28)3-7-20(30)36-19-9-10-25(35,24(33)34)23(22(19)32)37-21(31)8-4-14-2-6-16(27)18(29)12-14/h1-8,11-12,19,22-23,26-29,32,35H,9-10H2,(H,33,34)/t19-,22+,23-,25+/m0/s1. The van der Waals surface area contributed by atoms with E-state index < -0.39 is 59.7 Å². The van der Waals surface area contributed by atoms with Crippen LogP contribution in [0.3, 0.4) is 0 Å². The molecule has 1 aliphatic rings. The zero-order valence-corrected chi connectivity index (χ0v) is 19.1. The van der Waals surface area contributed by atoms with Crippen molar-refractivity contribution in [3.05, 3.63) is 59.7 Å². The van der Waals surface area contributed by atoms with Crippen LogP contribution in [0, 0.1) is 0 Å². The van der Waals surface area contributed by atoms with E-state index in [9.17, 15) is 50.1 Å². The van der Waals surface area contributed by atoms with E-state index in [-0.39, 0.29) is 23.5 Å². The first-order chi connectivity index (χ1) is 17.4. The van der Waals surface area contributed by atoms with E-state index in [1.165, 1.54) is 42.5 Å². The molecule has 1 fully saturated rings. The number of phenols is 4. The molecule has 2 aromatic rings. The van der Waals surface area contributed by atoms with Gasteiger partial charge < -0.3 is 45.2 Å². The minimum Gasteiger partial charge on any atom is -0.504 e. The predicted molar refractivity (Wildman–Crippen MR) is 125 cm³/mol. The van der Waals surface area contributed by atoms with Crippen LogP contribution in [-0.2, 0) is 23.9 Å². The molecule has 1 aliphatic carbocycles. The Morgan fingerprint density at radius 3 is 1.76 bits per heavy atom. The molecule has 196 valence electrons. The molecule has 0 saturated heterocycles. The highest BCUT2D eigenvalue weighted by Crippen LogP contribution is 2.34. The number of hydrogen-bond acceptors (Lipinski definition) is 11. The normalized spacial score (nSPS) is 23.7. The molecule has 37 heavy (non-hydrogen) atoms. The van der Waals surface area contributed by atoms with Gasteiger partial charge in [0.1, 0.15) is 12.2 Å². The van der Waals surface area contributed by atoms with E-state index in [0.29, 0.717) is 5.56 Å². The molecule has 0 heterocycles. The molecule has 12 heteroatoms. The molecule has 3 rings (SSSR count). The molecule has 0 radical (unpaired) electrons. The van der Waals surface area contributed by atoms with Crippen LogP contribution in [0.1, 0.15) is 24.0 Å². The Hall–Kier alpha value is -4.55. The smallest absolute Gasteiger partial charge is 0.339 e. The largest absolute Gasteiger partial charge is 0.504 e. The van der Waals surface area contributed by atoms with Gasteiger partial charge in [-0.05, 0) is 60.4 Å². The molecule has 0 spiro atoms. The van der Waals surface area contributed by atoms with Crippen molar-refractivity contribution >= 4 is 30.1 Å². The van der Waals surface area contributed by atoms with Crippen LogP contribution >= 0.6 is 0 Å². The fourth-order valence-electron chi connectivity index (χ4n) is 3.65. The van der Waals surface area contributed by atoms with Gasteiger partial charge in [-0.1, -0.05) is 12.1 Å². The Balaban J connectivity index is 1.71. The molecule has 1 saturated carbocycles. The van der Waals surface area contributed by atoms with E-state index in [2.05, 4.69) is 0 Å². The lowest BCUT2D eigenvalue weighted by Gasteiger charge is -2.41. The number of carbonyl (C=O) groups is 3. The van der Waals surface area contributed by atoms with E-state index >= 15 is 0 Å². The fraction of sp³-hybridized carbons (Fsp3) is 0.240. The maximum absolute atomic E-state index is 12.3. The Morgan fingerprint density at radius 1 is 0.811 bits per heavy atom. The van der Waals surface area contributed by atoms with Crippen LogP contribution in [0.15, 0.2) is 48.6 Å². The minimum atomic E-state index is -2.66. The van der Waals surface area contributed by atoms with Crippen molar-refractivity contribution in [1.82, 2.24) is 0 Å². The van der Waals surface area contributed by atoms with Gasteiger partial charge in [-0.3, -0.25) is 0 Å². The second-order valence-electron chi connectivity index (χ2n) is 8.25. The molecule has 0 unspecified atom stereocenters. The summed E-state index contributed by atoms with van der Waals surface area (Å²) in [5.41, 5.74) is -2.04. The van der Waals surface area contributed by atoms with Crippen LogP contribution in [0.4, 0.5) is 0 Å². The summed E-state index contributed by atoms with van der Waals surface area (Å²) in [6.07, 6.45) is -1.76. The molecule has 2 aromatic carbocycles. The lowest BCUT2D eigenvalue weighted by molar-refractivity contribution is -0.220. The Bertz CT molecular complexity index is 1250. The van der Waals surface area contributed by atoms with Crippen LogP contribution in [0.5, 0.6) is 23.0 Å². The number of aromatic hydroxyl groups is 4. The summed E-state index contributed by atoms with van der Waals surface area (Å²) in [7, 11) is 0. The number of esters is 2. The van der Waals surface area contributed by atoms with E-state index in [1.807, 2.05) is 0 Å². The first-order valence-electron chi connectivity index (χ1n) is 10.9. The number of carboxylic acid groups (broad SMARTS) is 1. The number of phenolic OH excluding ortho intramolecular Hbond substituents is 4. The summed E-state index contributed by atoms with van der Waals surface area (Å²) in [4.78, 5) is 36.3. The summed E-state index contributed by atoms with van der Waals surface area (Å²) < 4.78 is 10.2. The number of carboxylic acids is 1. The lowest BCUT2D eigenvalue weighted by atomic mass is 9.78. The van der Waals surface area contributed by atoms with Crippen molar-refractivity contribution in [2.75, 3.05) is 0 Å². The number of rotatable bonds is 7. The zero-order chi connectivity index (χ0) is 27.3. The highest BCUT2D eigenvalue weighted by Gasteiger charge is 2.56. The van der Waals surface area contributed by atoms with Gasteiger partial charge in [-0.2, -0.15) is 0 Å². The first kappa shape index (κ1) is 27.0. The van der Waals surface area contributed by atoms with Gasteiger partial charge in [0.05, 0.1) is 0 Å². The topological polar surface area (TPSA) is 211 Å². The van der Waals surface area contributed by atoms with Gasteiger partial charge in [0, 0.05) is 12.2 Å². The maximum atomic E-state index is 12.3.